The molecule has 1 aromatic rings. The lowest BCUT2D eigenvalue weighted by molar-refractivity contribution is 0.101. The molecule has 1 aliphatic rings. The Kier molecular flexibility index (Phi) is 4.52. The number of amides is 2. The van der Waals surface area contributed by atoms with Crippen LogP contribution in [-0.4, -0.2) is 31.1 Å². The van der Waals surface area contributed by atoms with Crippen LogP contribution in [0.4, 0.5) is 10.5 Å². The summed E-state index contributed by atoms with van der Waals surface area (Å²) in [5.41, 5.74) is 1.19. The van der Waals surface area contributed by atoms with Crippen LogP contribution in [0.2, 0.25) is 0 Å². The van der Waals surface area contributed by atoms with E-state index in [9.17, 15) is 9.59 Å². The maximum atomic E-state index is 11.7. The second-order valence-corrected chi connectivity index (χ2v) is 4.61. The molecule has 1 aromatic carbocycles. The molecule has 0 saturated carbocycles. The Morgan fingerprint density at radius 3 is 2.95 bits per heavy atom. The first-order valence-electron chi connectivity index (χ1n) is 6.42. The average molecular weight is 262 g/mol. The second-order valence-electron chi connectivity index (χ2n) is 4.61. The van der Waals surface area contributed by atoms with E-state index >= 15 is 0 Å². The molecule has 102 valence electrons. The first kappa shape index (κ1) is 13.5. The normalized spacial score (nSPS) is 18.1. The van der Waals surface area contributed by atoms with E-state index < -0.39 is 0 Å². The van der Waals surface area contributed by atoms with Crippen molar-refractivity contribution in [2.45, 2.75) is 25.9 Å². The Balaban J connectivity index is 1.84. The van der Waals surface area contributed by atoms with Crippen LogP contribution in [0, 0.1) is 0 Å². The minimum absolute atomic E-state index is 0.0246. The van der Waals surface area contributed by atoms with Crippen molar-refractivity contribution in [1.29, 1.82) is 0 Å². The van der Waals surface area contributed by atoms with Gasteiger partial charge < -0.3 is 15.4 Å². The molecule has 2 amide bonds. The minimum atomic E-state index is -0.281. The molecule has 1 heterocycles. The monoisotopic (exact) mass is 262 g/mol. The quantitative estimate of drug-likeness (QED) is 0.817. The van der Waals surface area contributed by atoms with Crippen molar-refractivity contribution in [3.05, 3.63) is 29.8 Å². The summed E-state index contributed by atoms with van der Waals surface area (Å²) in [5.74, 6) is -0.0246. The predicted molar refractivity (Wildman–Crippen MR) is 72.4 cm³/mol. The van der Waals surface area contributed by atoms with E-state index in [-0.39, 0.29) is 17.9 Å². The topological polar surface area (TPSA) is 67.4 Å². The van der Waals surface area contributed by atoms with Crippen LogP contribution in [0.25, 0.3) is 0 Å². The first-order valence-corrected chi connectivity index (χ1v) is 6.42. The highest BCUT2D eigenvalue weighted by Gasteiger charge is 2.16. The number of anilines is 1. The number of hydrogen-bond donors (Lipinski definition) is 2. The maximum absolute atomic E-state index is 11.7. The van der Waals surface area contributed by atoms with E-state index in [1.54, 1.807) is 24.3 Å². The summed E-state index contributed by atoms with van der Waals surface area (Å²) < 4.78 is 5.42. The van der Waals surface area contributed by atoms with Gasteiger partial charge in [0.2, 0.25) is 0 Å². The van der Waals surface area contributed by atoms with Crippen LogP contribution >= 0.6 is 0 Å². The predicted octanol–water partition coefficient (Wildman–Crippen LogP) is 2.19. The molecule has 19 heavy (non-hydrogen) atoms. The van der Waals surface area contributed by atoms with E-state index in [1.165, 1.54) is 6.92 Å². The van der Waals surface area contributed by atoms with Crippen molar-refractivity contribution in [3.63, 3.8) is 0 Å². The van der Waals surface area contributed by atoms with E-state index in [0.29, 0.717) is 17.8 Å². The molecule has 1 unspecified atom stereocenters. The van der Waals surface area contributed by atoms with Crippen LogP contribution in [0.15, 0.2) is 24.3 Å². The van der Waals surface area contributed by atoms with Crippen LogP contribution in [0.1, 0.15) is 30.1 Å². The molecule has 2 rings (SSSR count). The summed E-state index contributed by atoms with van der Waals surface area (Å²) in [6.45, 7) is 2.78. The van der Waals surface area contributed by atoms with Gasteiger partial charge in [-0.2, -0.15) is 0 Å². The molecular formula is C14H18N2O3. The van der Waals surface area contributed by atoms with Crippen molar-refractivity contribution < 1.29 is 14.3 Å². The number of hydrogen-bond acceptors (Lipinski definition) is 3. The molecule has 5 nitrogen and oxygen atoms in total. The number of rotatable bonds is 4. The zero-order valence-electron chi connectivity index (χ0n) is 10.9. The van der Waals surface area contributed by atoms with Crippen molar-refractivity contribution in [2.75, 3.05) is 18.5 Å². The first-order chi connectivity index (χ1) is 9.15. The van der Waals surface area contributed by atoms with Gasteiger partial charge in [0.25, 0.3) is 0 Å². The fourth-order valence-electron chi connectivity index (χ4n) is 2.00. The van der Waals surface area contributed by atoms with Gasteiger partial charge in [0, 0.05) is 24.4 Å². The number of Topliss-reactive ketones (excluding diaryl/α,β-unsaturated/α-hetero) is 1. The number of nitrogens with one attached hydrogen (secondary N) is 2. The van der Waals surface area contributed by atoms with Crippen molar-refractivity contribution >= 4 is 17.5 Å². The molecular weight excluding hydrogens is 244 g/mol. The fraction of sp³-hybridized carbons (Fsp3) is 0.429. The van der Waals surface area contributed by atoms with Crippen molar-refractivity contribution in [2.24, 2.45) is 0 Å². The van der Waals surface area contributed by atoms with Gasteiger partial charge in [0.15, 0.2) is 5.78 Å². The fourth-order valence-corrected chi connectivity index (χ4v) is 2.00. The number of ether oxygens (including phenoxy) is 1. The smallest absolute Gasteiger partial charge is 0.319 e. The SMILES string of the molecule is CC(=O)c1cccc(NC(=O)NCC2CCCO2)c1. The maximum Gasteiger partial charge on any atom is 0.319 e. The van der Waals surface area contributed by atoms with Gasteiger partial charge in [-0.25, -0.2) is 4.79 Å². The zero-order chi connectivity index (χ0) is 13.7. The highest BCUT2D eigenvalue weighted by Crippen LogP contribution is 2.12. The second kappa shape index (κ2) is 6.33. The lowest BCUT2D eigenvalue weighted by Crippen LogP contribution is -2.35. The summed E-state index contributed by atoms with van der Waals surface area (Å²) in [6.07, 6.45) is 2.16. The Morgan fingerprint density at radius 1 is 1.42 bits per heavy atom. The molecule has 0 bridgehead atoms. The van der Waals surface area contributed by atoms with Gasteiger partial charge in [-0.1, -0.05) is 12.1 Å². The van der Waals surface area contributed by atoms with E-state index in [2.05, 4.69) is 10.6 Å². The minimum Gasteiger partial charge on any atom is -0.376 e. The van der Waals surface area contributed by atoms with Crippen LogP contribution < -0.4 is 10.6 Å². The summed E-state index contributed by atoms with van der Waals surface area (Å²) in [4.78, 5) is 22.9. The van der Waals surface area contributed by atoms with Gasteiger partial charge in [0.05, 0.1) is 6.10 Å². The highest BCUT2D eigenvalue weighted by molar-refractivity contribution is 5.96. The van der Waals surface area contributed by atoms with Gasteiger partial charge in [0.1, 0.15) is 0 Å². The van der Waals surface area contributed by atoms with E-state index in [4.69, 9.17) is 4.74 Å². The molecule has 0 aromatic heterocycles. The van der Waals surface area contributed by atoms with Crippen LogP contribution in [0.5, 0.6) is 0 Å². The molecule has 2 N–H and O–H groups in total. The molecule has 1 aliphatic heterocycles. The lowest BCUT2D eigenvalue weighted by Gasteiger charge is -2.12. The Labute approximate surface area is 112 Å². The van der Waals surface area contributed by atoms with E-state index in [1.807, 2.05) is 0 Å². The van der Waals surface area contributed by atoms with Crippen molar-refractivity contribution in [3.8, 4) is 0 Å². The molecule has 0 spiro atoms. The molecule has 1 atom stereocenters. The van der Waals surface area contributed by atoms with Gasteiger partial charge in [-0.3, -0.25) is 4.79 Å². The molecule has 0 radical (unpaired) electrons. The van der Waals surface area contributed by atoms with Crippen molar-refractivity contribution in [1.82, 2.24) is 5.32 Å². The number of benzene rings is 1. The third-order valence-electron chi connectivity index (χ3n) is 3.04. The summed E-state index contributed by atoms with van der Waals surface area (Å²) in [5, 5.41) is 5.47. The molecule has 5 heteroatoms. The zero-order valence-corrected chi connectivity index (χ0v) is 10.9. The van der Waals surface area contributed by atoms with Gasteiger partial charge >= 0.3 is 6.03 Å². The Hall–Kier alpha value is -1.88. The highest BCUT2D eigenvalue weighted by atomic mass is 16.5. The lowest BCUT2D eigenvalue weighted by atomic mass is 10.1. The molecule has 0 aliphatic carbocycles. The summed E-state index contributed by atoms with van der Waals surface area (Å²) in [6, 6.07) is 6.59. The number of carbonyl (C=O) groups is 2. The van der Waals surface area contributed by atoms with Crippen LogP contribution in [-0.2, 0) is 4.74 Å². The summed E-state index contributed by atoms with van der Waals surface area (Å²) >= 11 is 0. The molecule has 1 fully saturated rings. The van der Waals surface area contributed by atoms with Gasteiger partial charge in [-0.05, 0) is 31.9 Å². The third kappa shape index (κ3) is 4.06. The average Bonchev–Trinajstić information content (AvgIpc) is 2.90. The Bertz CT molecular complexity index is 468. The number of carbonyl (C=O) groups excluding carboxylic acids is 2. The van der Waals surface area contributed by atoms with Crippen LogP contribution in [0.3, 0.4) is 0 Å². The molecule has 1 saturated heterocycles. The standard InChI is InChI=1S/C14H18N2O3/c1-10(17)11-4-2-5-12(8-11)16-14(18)15-9-13-6-3-7-19-13/h2,4-5,8,13H,3,6-7,9H2,1H3,(H2,15,16,18). The third-order valence-corrected chi connectivity index (χ3v) is 3.04. The number of ketones is 1. The number of urea groups is 1. The Morgan fingerprint density at radius 2 is 2.26 bits per heavy atom. The largest absolute Gasteiger partial charge is 0.376 e. The van der Waals surface area contributed by atoms with Gasteiger partial charge in [-0.15, -0.1) is 0 Å². The summed E-state index contributed by atoms with van der Waals surface area (Å²) in [7, 11) is 0. The van der Waals surface area contributed by atoms with E-state index in [0.717, 1.165) is 19.4 Å².